The first-order valence-electron chi connectivity index (χ1n) is 11.7. The average molecular weight is 553 g/mol. The molecule has 2 aliphatic heterocycles. The molecule has 38 heavy (non-hydrogen) atoms. The minimum absolute atomic E-state index is 0.0154. The fourth-order valence-electron chi connectivity index (χ4n) is 4.17. The molecule has 0 saturated carbocycles. The van der Waals surface area contributed by atoms with Crippen molar-refractivity contribution in [1.82, 2.24) is 15.6 Å². The van der Waals surface area contributed by atoms with E-state index in [1.807, 2.05) is 0 Å². The lowest BCUT2D eigenvalue weighted by molar-refractivity contribution is 0.0564. The lowest BCUT2D eigenvalue weighted by Gasteiger charge is -2.28. The number of nitrogens with two attached hydrogens (primary N) is 1. The van der Waals surface area contributed by atoms with Crippen LogP contribution in [0.15, 0.2) is 41.5 Å². The summed E-state index contributed by atoms with van der Waals surface area (Å²) in [4.78, 5) is 32.7. The number of amidine groups is 1. The molecular weight excluding hydrogens is 522 g/mol. The van der Waals surface area contributed by atoms with Gasteiger partial charge in [-0.05, 0) is 71.1 Å². The number of rotatable bonds is 3. The smallest absolute Gasteiger partial charge is 0.413 e. The van der Waals surface area contributed by atoms with Gasteiger partial charge in [0.2, 0.25) is 15.0 Å². The number of amides is 2. The molecule has 4 rings (SSSR count). The van der Waals surface area contributed by atoms with Crippen LogP contribution < -0.4 is 21.7 Å². The number of sulfone groups is 1. The van der Waals surface area contributed by atoms with Gasteiger partial charge in [-0.1, -0.05) is 0 Å². The van der Waals surface area contributed by atoms with Crippen LogP contribution in [0.1, 0.15) is 49.3 Å². The first-order valence-corrected chi connectivity index (χ1v) is 13.1. The lowest BCUT2D eigenvalue weighted by atomic mass is 9.91. The molecule has 11 nitrogen and oxygen atoms in total. The van der Waals surface area contributed by atoms with E-state index in [0.29, 0.717) is 6.54 Å². The number of anilines is 1. The Morgan fingerprint density at radius 3 is 2.45 bits per heavy atom. The van der Waals surface area contributed by atoms with E-state index in [2.05, 4.69) is 31.7 Å². The van der Waals surface area contributed by atoms with Crippen LogP contribution in [-0.4, -0.2) is 61.1 Å². The third-order valence-electron chi connectivity index (χ3n) is 5.80. The minimum atomic E-state index is -4.20. The first kappa shape index (κ1) is 29.1. The Morgan fingerprint density at radius 1 is 1.16 bits per heavy atom. The summed E-state index contributed by atoms with van der Waals surface area (Å²) in [6.07, 6.45) is 0.0115. The highest BCUT2D eigenvalue weighted by Crippen LogP contribution is 2.47. The number of alkyl carbamates (subject to hydrolysis) is 1. The topological polar surface area (TPSA) is 165 Å². The van der Waals surface area contributed by atoms with Crippen LogP contribution in [0.3, 0.4) is 0 Å². The van der Waals surface area contributed by atoms with Crippen LogP contribution in [0.2, 0.25) is 0 Å². The van der Waals surface area contributed by atoms with E-state index >= 15 is 4.39 Å². The number of benzene rings is 1. The Labute approximate surface area is 219 Å². The third-order valence-corrected chi connectivity index (χ3v) is 8.16. The Balaban J connectivity index is 0.00000195. The Bertz CT molecular complexity index is 1340. The van der Waals surface area contributed by atoms with E-state index in [1.165, 1.54) is 25.2 Å². The van der Waals surface area contributed by atoms with Crippen LogP contribution >= 0.6 is 0 Å². The van der Waals surface area contributed by atoms with Crippen LogP contribution in [0.5, 0.6) is 0 Å². The Hall–Kier alpha value is -3.49. The summed E-state index contributed by atoms with van der Waals surface area (Å²) < 4.78 is 58.8. The average Bonchev–Trinajstić information content (AvgIpc) is 3.42. The summed E-state index contributed by atoms with van der Waals surface area (Å²) in [5, 5.41) is 7.14. The van der Waals surface area contributed by atoms with Gasteiger partial charge in [0.15, 0.2) is 0 Å². The van der Waals surface area contributed by atoms with Gasteiger partial charge < -0.3 is 21.1 Å². The minimum Gasteiger partial charge on any atom is -0.444 e. The van der Waals surface area contributed by atoms with E-state index in [0.717, 1.165) is 18.3 Å². The second-order valence-corrected chi connectivity index (χ2v) is 11.7. The number of ether oxygens (including phenoxy) is 1. The van der Waals surface area contributed by atoms with Crippen LogP contribution in [-0.2, 0) is 14.6 Å². The molecule has 1 fully saturated rings. The molecule has 206 valence electrons. The molecule has 0 radical (unpaired) electrons. The monoisotopic (exact) mass is 552 g/mol. The molecule has 1 aromatic carbocycles. The highest BCUT2D eigenvalue weighted by atomic mass is 32.2. The van der Waals surface area contributed by atoms with E-state index in [9.17, 15) is 22.4 Å². The molecule has 2 aromatic rings. The number of pyridine rings is 1. The van der Waals surface area contributed by atoms with Gasteiger partial charge in [0.05, 0.1) is 6.20 Å². The van der Waals surface area contributed by atoms with Gasteiger partial charge >= 0.3 is 6.09 Å². The molecule has 1 saturated heterocycles. The van der Waals surface area contributed by atoms with Gasteiger partial charge in [-0.2, -0.15) is 0 Å². The van der Waals surface area contributed by atoms with Crippen LogP contribution in [0.25, 0.3) is 0 Å². The van der Waals surface area contributed by atoms with Crippen molar-refractivity contribution in [3.63, 3.8) is 0 Å². The van der Waals surface area contributed by atoms with E-state index < -0.39 is 55.0 Å². The molecule has 3 heterocycles. The van der Waals surface area contributed by atoms with Gasteiger partial charge in [0.25, 0.3) is 5.91 Å². The fraction of sp³-hybridized carbons (Fsp3) is 0.417. The lowest BCUT2D eigenvalue weighted by Crippen LogP contribution is -2.48. The third kappa shape index (κ3) is 5.81. The summed E-state index contributed by atoms with van der Waals surface area (Å²) >= 11 is 0. The maximum Gasteiger partial charge on any atom is 0.413 e. The SMILES string of the molecule is CC(C)(C)OC(=O)NC1=NC(c2cc(NC(=O)c3ccc(F)cn3)ccc2F)C2(CCNC2)S1(=O)=O.CN. The van der Waals surface area contributed by atoms with Crippen molar-refractivity contribution in [1.29, 1.82) is 0 Å². The van der Waals surface area contributed by atoms with Gasteiger partial charge in [0.1, 0.15) is 33.7 Å². The number of aliphatic imine (C=N–C) groups is 1. The second-order valence-electron chi connectivity index (χ2n) is 9.51. The standard InChI is InChI=1S/C23H25F2N5O5S.CH5N/c1-22(2,3)35-21(32)30-20-29-18(23(36(20,33)34)8-9-26-12-23)15-10-14(5-6-16(15)25)28-19(31)17-7-4-13(24)11-27-17;1-2/h4-7,10-11,18,26H,8-9,12H2,1-3H3,(H,28,31)(H,29,30,32);2H2,1H3. The van der Waals surface area contributed by atoms with Gasteiger partial charge in [-0.15, -0.1) is 0 Å². The molecule has 2 aliphatic rings. The summed E-state index contributed by atoms with van der Waals surface area (Å²) in [6.45, 7) is 5.20. The zero-order valence-corrected chi connectivity index (χ0v) is 22.2. The predicted molar refractivity (Wildman–Crippen MR) is 137 cm³/mol. The molecule has 1 spiro atoms. The van der Waals surface area contributed by atoms with Gasteiger partial charge in [0, 0.05) is 17.8 Å². The number of halogens is 2. The highest BCUT2D eigenvalue weighted by Gasteiger charge is 2.60. The van der Waals surface area contributed by atoms with Crippen molar-refractivity contribution >= 4 is 32.7 Å². The van der Waals surface area contributed by atoms with E-state index in [-0.39, 0.29) is 29.9 Å². The quantitative estimate of drug-likeness (QED) is 0.450. The van der Waals surface area contributed by atoms with Gasteiger partial charge in [-0.25, -0.2) is 32.0 Å². The largest absolute Gasteiger partial charge is 0.444 e. The zero-order chi connectivity index (χ0) is 28.3. The van der Waals surface area contributed by atoms with Gasteiger partial charge in [-0.3, -0.25) is 10.1 Å². The van der Waals surface area contributed by atoms with Crippen LogP contribution in [0, 0.1) is 11.6 Å². The molecule has 5 N–H and O–H groups in total. The summed E-state index contributed by atoms with van der Waals surface area (Å²) in [7, 11) is -2.70. The summed E-state index contributed by atoms with van der Waals surface area (Å²) in [6, 6.07) is 4.73. The Morgan fingerprint density at radius 2 is 1.87 bits per heavy atom. The molecule has 2 atom stereocenters. The highest BCUT2D eigenvalue weighted by molar-refractivity contribution is 8.07. The normalized spacial score (nSPS) is 21.8. The summed E-state index contributed by atoms with van der Waals surface area (Å²) in [5.74, 6) is -2.01. The summed E-state index contributed by atoms with van der Waals surface area (Å²) in [5.41, 5.74) is 3.64. The van der Waals surface area contributed by atoms with Crippen molar-refractivity contribution in [2.24, 2.45) is 10.7 Å². The number of nitrogens with one attached hydrogen (secondary N) is 3. The molecule has 0 bridgehead atoms. The fourth-order valence-corrected chi connectivity index (χ4v) is 6.16. The van der Waals surface area contributed by atoms with Crippen LogP contribution in [0.4, 0.5) is 19.3 Å². The molecule has 2 amide bonds. The Kier molecular flexibility index (Phi) is 8.48. The first-order chi connectivity index (χ1) is 17.8. The van der Waals surface area contributed by atoms with Crippen molar-refractivity contribution < 1.29 is 31.5 Å². The maximum atomic E-state index is 15.1. The number of aromatic nitrogens is 1. The number of nitrogens with zero attached hydrogens (tertiary/aromatic N) is 2. The molecule has 0 aliphatic carbocycles. The van der Waals surface area contributed by atoms with Crippen molar-refractivity contribution in [3.8, 4) is 0 Å². The maximum absolute atomic E-state index is 15.1. The molecule has 14 heteroatoms. The number of hydrogen-bond acceptors (Lipinski definition) is 9. The van der Waals surface area contributed by atoms with Crippen molar-refractivity contribution in [2.75, 3.05) is 25.5 Å². The predicted octanol–water partition coefficient (Wildman–Crippen LogP) is 2.27. The van der Waals surface area contributed by atoms with Crippen molar-refractivity contribution in [3.05, 3.63) is 59.4 Å². The van der Waals surface area contributed by atoms with Crippen molar-refractivity contribution in [2.45, 2.75) is 43.6 Å². The molecule has 2 unspecified atom stereocenters. The van der Waals surface area contributed by atoms with E-state index in [1.54, 1.807) is 20.8 Å². The second kappa shape index (κ2) is 11.1. The number of carbonyl (C=O) groups is 2. The number of hydrogen-bond donors (Lipinski definition) is 4. The number of carbonyl (C=O) groups excluding carboxylic acids is 2. The molecular formula is C24H30F2N6O5S. The zero-order valence-electron chi connectivity index (χ0n) is 21.3. The van der Waals surface area contributed by atoms with E-state index in [4.69, 9.17) is 4.74 Å². The molecule has 1 aromatic heterocycles.